The topological polar surface area (TPSA) is 40.5 Å². The minimum Gasteiger partial charge on any atom is -0.423 e. The van der Waals surface area contributed by atoms with Crippen LogP contribution in [0.2, 0.25) is 0 Å². The molecule has 1 aliphatic rings. The van der Waals surface area contributed by atoms with Crippen molar-refractivity contribution in [2.24, 2.45) is 5.92 Å². The van der Waals surface area contributed by atoms with Crippen molar-refractivity contribution < 1.29 is 18.8 Å². The van der Waals surface area contributed by atoms with E-state index in [4.69, 9.17) is 10.0 Å². The van der Waals surface area contributed by atoms with Crippen LogP contribution in [0.15, 0.2) is 12.1 Å². The van der Waals surface area contributed by atoms with Gasteiger partial charge in [0.15, 0.2) is 11.6 Å². The van der Waals surface area contributed by atoms with Crippen molar-refractivity contribution in [3.63, 3.8) is 0 Å². The Bertz CT molecular complexity index is 486. The zero-order valence-corrected chi connectivity index (χ0v) is 13.2. The third-order valence-electron chi connectivity index (χ3n) is 4.92. The molecule has 0 spiro atoms. The molecule has 0 unspecified atom stereocenters. The van der Waals surface area contributed by atoms with E-state index in [1.54, 1.807) is 0 Å². The quantitative estimate of drug-likeness (QED) is 0.624. The van der Waals surface area contributed by atoms with E-state index in [1.807, 2.05) is 0 Å². The highest BCUT2D eigenvalue weighted by atomic mass is 19.2. The summed E-state index contributed by atoms with van der Waals surface area (Å²) < 4.78 is 28.0. The zero-order chi connectivity index (χ0) is 16.1. The van der Waals surface area contributed by atoms with Gasteiger partial charge in [-0.3, -0.25) is 0 Å². The number of hydrogen-bond donors (Lipinski definition) is 2. The van der Waals surface area contributed by atoms with Gasteiger partial charge in [0.25, 0.3) is 0 Å². The maximum Gasteiger partial charge on any atom is 0.491 e. The van der Waals surface area contributed by atoms with Crippen LogP contribution in [0, 0.1) is 17.6 Å². The Morgan fingerprint density at radius 3 is 2.32 bits per heavy atom. The molecule has 0 saturated heterocycles. The van der Waals surface area contributed by atoms with Crippen molar-refractivity contribution in [2.75, 3.05) is 0 Å². The summed E-state index contributed by atoms with van der Waals surface area (Å²) in [5.74, 6) is -1.28. The van der Waals surface area contributed by atoms with E-state index in [-0.39, 0.29) is 5.92 Å². The molecular weight excluding hydrogens is 285 g/mol. The van der Waals surface area contributed by atoms with Gasteiger partial charge in [0.05, 0.1) is 0 Å². The van der Waals surface area contributed by atoms with E-state index in [9.17, 15) is 8.78 Å². The number of unbranched alkanes of at least 4 members (excludes halogenated alkanes) is 2. The monoisotopic (exact) mass is 310 g/mol. The van der Waals surface area contributed by atoms with Crippen LogP contribution < -0.4 is 5.46 Å². The minimum absolute atomic E-state index is 0.0433. The van der Waals surface area contributed by atoms with Crippen molar-refractivity contribution in [1.82, 2.24) is 0 Å². The molecule has 2 N–H and O–H groups in total. The Labute approximate surface area is 131 Å². The molecule has 0 atom stereocenters. The molecule has 1 aromatic carbocycles. The third kappa shape index (κ3) is 4.08. The summed E-state index contributed by atoms with van der Waals surface area (Å²) in [6.45, 7) is 2.20. The molecule has 0 amide bonds. The van der Waals surface area contributed by atoms with E-state index in [0.717, 1.165) is 25.7 Å². The number of rotatable bonds is 6. The molecule has 5 heteroatoms. The standard InChI is InChI=1S/C17H25BF2O2/c1-2-3-4-5-12-6-8-13(9-7-12)14-10-11-15(18(21)22)17(20)16(14)19/h10-13,21-22H,2-9H2,1H3. The van der Waals surface area contributed by atoms with Crippen LogP contribution in [0.4, 0.5) is 8.78 Å². The normalized spacial score (nSPS) is 21.9. The highest BCUT2D eigenvalue weighted by Crippen LogP contribution is 2.38. The van der Waals surface area contributed by atoms with Crippen LogP contribution in [0.3, 0.4) is 0 Å². The summed E-state index contributed by atoms with van der Waals surface area (Å²) in [5, 5.41) is 18.0. The molecule has 0 radical (unpaired) electrons. The first kappa shape index (κ1) is 17.4. The fraction of sp³-hybridized carbons (Fsp3) is 0.647. The average molecular weight is 310 g/mol. The smallest absolute Gasteiger partial charge is 0.423 e. The maximum absolute atomic E-state index is 14.2. The summed E-state index contributed by atoms with van der Waals surface area (Å²) in [6.07, 6.45) is 8.90. The van der Waals surface area contributed by atoms with Crippen LogP contribution >= 0.6 is 0 Å². The van der Waals surface area contributed by atoms with Crippen molar-refractivity contribution in [3.05, 3.63) is 29.3 Å². The largest absolute Gasteiger partial charge is 0.491 e. The van der Waals surface area contributed by atoms with Crippen molar-refractivity contribution in [3.8, 4) is 0 Å². The second-order valence-corrected chi connectivity index (χ2v) is 6.46. The lowest BCUT2D eigenvalue weighted by molar-refractivity contribution is 0.298. The van der Waals surface area contributed by atoms with Gasteiger partial charge in [-0.2, -0.15) is 0 Å². The highest BCUT2D eigenvalue weighted by Gasteiger charge is 2.28. The summed E-state index contributed by atoms with van der Waals surface area (Å²) in [6, 6.07) is 2.79. The second kappa shape index (κ2) is 8.07. The van der Waals surface area contributed by atoms with Crippen molar-refractivity contribution in [2.45, 2.75) is 64.2 Å². The van der Waals surface area contributed by atoms with Gasteiger partial charge in [0.1, 0.15) is 0 Å². The van der Waals surface area contributed by atoms with Crippen molar-refractivity contribution >= 4 is 12.6 Å². The van der Waals surface area contributed by atoms with E-state index in [0.29, 0.717) is 11.5 Å². The first-order valence-electron chi connectivity index (χ1n) is 8.38. The first-order valence-corrected chi connectivity index (χ1v) is 8.38. The molecule has 0 aliphatic heterocycles. The highest BCUT2D eigenvalue weighted by molar-refractivity contribution is 6.58. The van der Waals surface area contributed by atoms with Gasteiger partial charge in [-0.25, -0.2) is 8.78 Å². The molecule has 0 bridgehead atoms. The third-order valence-corrected chi connectivity index (χ3v) is 4.92. The number of halogens is 2. The predicted molar refractivity (Wildman–Crippen MR) is 85.0 cm³/mol. The van der Waals surface area contributed by atoms with Crippen molar-refractivity contribution in [1.29, 1.82) is 0 Å². The fourth-order valence-electron chi connectivity index (χ4n) is 3.54. The van der Waals surface area contributed by atoms with Gasteiger partial charge in [0.2, 0.25) is 0 Å². The Morgan fingerprint density at radius 1 is 1.05 bits per heavy atom. The summed E-state index contributed by atoms with van der Waals surface area (Å²) in [7, 11) is -1.97. The second-order valence-electron chi connectivity index (χ2n) is 6.46. The molecule has 1 aromatic rings. The SMILES string of the molecule is CCCCCC1CCC(c2ccc(B(O)O)c(F)c2F)CC1. The van der Waals surface area contributed by atoms with Gasteiger partial charge in [-0.15, -0.1) is 0 Å². The summed E-state index contributed by atoms with van der Waals surface area (Å²) >= 11 is 0. The Hall–Kier alpha value is -0.935. The van der Waals surface area contributed by atoms with Crippen LogP contribution in [0.1, 0.15) is 69.8 Å². The van der Waals surface area contributed by atoms with Crippen LogP contribution in [0.25, 0.3) is 0 Å². The molecule has 1 saturated carbocycles. The molecule has 22 heavy (non-hydrogen) atoms. The number of benzene rings is 1. The van der Waals surface area contributed by atoms with Gasteiger partial charge in [-0.05, 0) is 43.1 Å². The van der Waals surface area contributed by atoms with Crippen LogP contribution in [-0.2, 0) is 0 Å². The molecular formula is C17H25BF2O2. The predicted octanol–water partition coefficient (Wildman–Crippen LogP) is 3.50. The van der Waals surface area contributed by atoms with E-state index in [2.05, 4.69) is 6.92 Å². The van der Waals surface area contributed by atoms with Crippen LogP contribution in [-0.4, -0.2) is 17.2 Å². The van der Waals surface area contributed by atoms with Gasteiger partial charge in [0, 0.05) is 5.46 Å². The Balaban J connectivity index is 1.98. The van der Waals surface area contributed by atoms with E-state index in [1.165, 1.54) is 37.8 Å². The first-order chi connectivity index (χ1) is 10.5. The summed E-state index contributed by atoms with van der Waals surface area (Å²) in [5.41, 5.74) is -0.0107. The lowest BCUT2D eigenvalue weighted by Crippen LogP contribution is -2.34. The van der Waals surface area contributed by atoms with E-state index >= 15 is 0 Å². The fourth-order valence-corrected chi connectivity index (χ4v) is 3.54. The van der Waals surface area contributed by atoms with Crippen LogP contribution in [0.5, 0.6) is 0 Å². The molecule has 122 valence electrons. The maximum atomic E-state index is 14.2. The van der Waals surface area contributed by atoms with Gasteiger partial charge < -0.3 is 10.0 Å². The Morgan fingerprint density at radius 2 is 1.73 bits per heavy atom. The molecule has 2 rings (SSSR count). The average Bonchev–Trinajstić information content (AvgIpc) is 2.51. The van der Waals surface area contributed by atoms with E-state index < -0.39 is 24.2 Å². The molecule has 0 heterocycles. The number of hydrogen-bond acceptors (Lipinski definition) is 2. The minimum atomic E-state index is -1.97. The van der Waals surface area contributed by atoms with Gasteiger partial charge >= 0.3 is 7.12 Å². The zero-order valence-electron chi connectivity index (χ0n) is 13.2. The lowest BCUT2D eigenvalue weighted by Gasteiger charge is -2.29. The molecule has 1 aliphatic carbocycles. The Kier molecular flexibility index (Phi) is 6.39. The molecule has 0 aromatic heterocycles. The molecule has 2 nitrogen and oxygen atoms in total. The lowest BCUT2D eigenvalue weighted by atomic mass is 9.74. The van der Waals surface area contributed by atoms with Gasteiger partial charge in [-0.1, -0.05) is 44.7 Å². The molecule has 1 fully saturated rings. The summed E-state index contributed by atoms with van der Waals surface area (Å²) in [4.78, 5) is 0.